The molecule has 0 aliphatic heterocycles. The van der Waals surface area contributed by atoms with Gasteiger partial charge in [-0.05, 0) is 49.1 Å². The fraction of sp³-hybridized carbons (Fsp3) is 0.259. The molecule has 182 valence electrons. The van der Waals surface area contributed by atoms with Crippen molar-refractivity contribution in [2.24, 2.45) is 0 Å². The minimum Gasteiger partial charge on any atom is -0.277 e. The maximum atomic E-state index is 12.9. The van der Waals surface area contributed by atoms with Crippen LogP contribution in [0.2, 0.25) is 5.15 Å². The van der Waals surface area contributed by atoms with Gasteiger partial charge in [-0.3, -0.25) is 5.10 Å². The summed E-state index contributed by atoms with van der Waals surface area (Å²) in [5.74, 6) is 0. The number of rotatable bonds is 11. The molecule has 0 unspecified atom stereocenters. The Labute approximate surface area is 211 Å². The number of aryl methyl sites for hydroxylation is 1. The Hall–Kier alpha value is -3.00. The average molecular weight is 509 g/mol. The van der Waals surface area contributed by atoms with E-state index in [1.165, 1.54) is 6.42 Å². The Balaban J connectivity index is 1.51. The summed E-state index contributed by atoms with van der Waals surface area (Å²) in [4.78, 5) is 4.45. The van der Waals surface area contributed by atoms with Gasteiger partial charge >= 0.3 is 0 Å². The zero-order valence-electron chi connectivity index (χ0n) is 19.7. The SMILES string of the molecule is CCCCCc1ccc(S(=O)(=O)NCCc2c(-c3ccccc3)n[nH]c2-c2ccc(Cl)nc2)cc1. The van der Waals surface area contributed by atoms with Crippen LogP contribution in [0, 0.1) is 0 Å². The molecular formula is C27H29ClN4O2S. The highest BCUT2D eigenvalue weighted by atomic mass is 35.5. The van der Waals surface area contributed by atoms with Gasteiger partial charge < -0.3 is 0 Å². The molecule has 0 spiro atoms. The molecule has 0 amide bonds. The largest absolute Gasteiger partial charge is 0.277 e. The lowest BCUT2D eigenvalue weighted by Crippen LogP contribution is -2.26. The number of aromatic nitrogens is 3. The molecule has 0 aliphatic carbocycles. The predicted octanol–water partition coefficient (Wildman–Crippen LogP) is 6.05. The van der Waals surface area contributed by atoms with E-state index >= 15 is 0 Å². The highest BCUT2D eigenvalue weighted by Crippen LogP contribution is 2.30. The van der Waals surface area contributed by atoms with Crippen LogP contribution >= 0.6 is 11.6 Å². The standard InChI is InChI=1S/C27H29ClN4O2S/c1-2-3-5-8-20-11-14-23(15-12-20)35(33,34)30-18-17-24-26(21-9-6-4-7-10-21)31-32-27(24)22-13-16-25(28)29-19-22/h4,6-7,9-16,19,30H,2-3,5,8,17-18H2,1H3,(H,31,32). The van der Waals surface area contributed by atoms with Crippen LogP contribution in [0.25, 0.3) is 22.5 Å². The van der Waals surface area contributed by atoms with Gasteiger partial charge in [0, 0.05) is 29.4 Å². The molecule has 0 radical (unpaired) electrons. The number of hydrogen-bond acceptors (Lipinski definition) is 4. The number of nitrogens with one attached hydrogen (secondary N) is 2. The van der Waals surface area contributed by atoms with E-state index in [1.807, 2.05) is 48.5 Å². The summed E-state index contributed by atoms with van der Waals surface area (Å²) in [5, 5.41) is 8.05. The molecule has 0 saturated heterocycles. The van der Waals surface area contributed by atoms with Crippen LogP contribution in [0.1, 0.15) is 37.3 Å². The lowest BCUT2D eigenvalue weighted by molar-refractivity contribution is 0.581. The van der Waals surface area contributed by atoms with E-state index in [9.17, 15) is 8.42 Å². The second kappa shape index (κ2) is 11.6. The number of H-pyrrole nitrogens is 1. The first-order chi connectivity index (χ1) is 17.0. The number of pyridine rings is 1. The van der Waals surface area contributed by atoms with Crippen molar-refractivity contribution in [1.82, 2.24) is 19.9 Å². The van der Waals surface area contributed by atoms with Gasteiger partial charge in [-0.15, -0.1) is 0 Å². The molecule has 2 N–H and O–H groups in total. The first-order valence-corrected chi connectivity index (χ1v) is 13.7. The molecule has 0 fully saturated rings. The van der Waals surface area contributed by atoms with Crippen LogP contribution in [-0.2, 0) is 22.9 Å². The summed E-state index contributed by atoms with van der Waals surface area (Å²) >= 11 is 5.96. The van der Waals surface area contributed by atoms with E-state index in [1.54, 1.807) is 24.4 Å². The van der Waals surface area contributed by atoms with Crippen molar-refractivity contribution < 1.29 is 8.42 Å². The molecule has 0 atom stereocenters. The van der Waals surface area contributed by atoms with Crippen LogP contribution in [-0.4, -0.2) is 30.1 Å². The first kappa shape index (κ1) is 25.1. The van der Waals surface area contributed by atoms with Crippen molar-refractivity contribution in [2.75, 3.05) is 6.54 Å². The maximum Gasteiger partial charge on any atom is 0.240 e. The summed E-state index contributed by atoms with van der Waals surface area (Å²) in [5.41, 5.74) is 5.43. The van der Waals surface area contributed by atoms with Crippen LogP contribution in [0.15, 0.2) is 77.8 Å². The van der Waals surface area contributed by atoms with Crippen LogP contribution < -0.4 is 4.72 Å². The molecule has 0 aliphatic rings. The number of halogens is 1. The molecule has 4 rings (SSSR count). The molecule has 35 heavy (non-hydrogen) atoms. The van der Waals surface area contributed by atoms with E-state index in [4.69, 9.17) is 11.6 Å². The van der Waals surface area contributed by atoms with E-state index in [0.29, 0.717) is 11.6 Å². The second-order valence-electron chi connectivity index (χ2n) is 8.41. The fourth-order valence-electron chi connectivity index (χ4n) is 4.01. The summed E-state index contributed by atoms with van der Waals surface area (Å²) in [6, 6.07) is 20.6. The second-order valence-corrected chi connectivity index (χ2v) is 10.6. The van der Waals surface area contributed by atoms with Gasteiger partial charge in [0.1, 0.15) is 5.15 Å². The van der Waals surface area contributed by atoms with E-state index < -0.39 is 10.0 Å². The quantitative estimate of drug-likeness (QED) is 0.191. The Kier molecular flexibility index (Phi) is 8.33. The number of hydrogen-bond donors (Lipinski definition) is 2. The monoisotopic (exact) mass is 508 g/mol. The molecule has 0 bridgehead atoms. The van der Waals surface area contributed by atoms with Gasteiger partial charge in [-0.1, -0.05) is 73.8 Å². The van der Waals surface area contributed by atoms with Gasteiger partial charge in [-0.25, -0.2) is 18.1 Å². The number of unbranched alkanes of at least 4 members (excludes halogenated alkanes) is 2. The summed E-state index contributed by atoms with van der Waals surface area (Å²) in [6.07, 6.45) is 6.55. The van der Waals surface area contributed by atoms with Crippen LogP contribution in [0.3, 0.4) is 0 Å². The smallest absolute Gasteiger partial charge is 0.240 e. The van der Waals surface area contributed by atoms with E-state index in [2.05, 4.69) is 26.8 Å². The number of nitrogens with zero attached hydrogens (tertiary/aromatic N) is 2. The lowest BCUT2D eigenvalue weighted by Gasteiger charge is -2.10. The number of benzene rings is 2. The normalized spacial score (nSPS) is 11.6. The van der Waals surface area contributed by atoms with E-state index in [-0.39, 0.29) is 11.4 Å². The minimum atomic E-state index is -3.63. The zero-order valence-corrected chi connectivity index (χ0v) is 21.2. The minimum absolute atomic E-state index is 0.230. The summed E-state index contributed by atoms with van der Waals surface area (Å²) < 4.78 is 28.6. The highest BCUT2D eigenvalue weighted by molar-refractivity contribution is 7.89. The fourth-order valence-corrected chi connectivity index (χ4v) is 5.16. The third-order valence-electron chi connectivity index (χ3n) is 5.90. The topological polar surface area (TPSA) is 87.7 Å². The molecule has 4 aromatic rings. The van der Waals surface area contributed by atoms with Gasteiger partial charge in [0.15, 0.2) is 0 Å². The molecule has 6 nitrogen and oxygen atoms in total. The summed E-state index contributed by atoms with van der Waals surface area (Å²) in [6.45, 7) is 2.40. The Morgan fingerprint density at radius 2 is 1.69 bits per heavy atom. The van der Waals surface area contributed by atoms with Crippen molar-refractivity contribution in [3.05, 3.63) is 89.2 Å². The lowest BCUT2D eigenvalue weighted by atomic mass is 10.0. The van der Waals surface area contributed by atoms with Crippen molar-refractivity contribution in [3.63, 3.8) is 0 Å². The molecule has 2 heterocycles. The van der Waals surface area contributed by atoms with Crippen molar-refractivity contribution in [3.8, 4) is 22.5 Å². The Morgan fingerprint density at radius 3 is 2.37 bits per heavy atom. The van der Waals surface area contributed by atoms with Gasteiger partial charge in [0.05, 0.1) is 16.3 Å². The van der Waals surface area contributed by atoms with Crippen LogP contribution in [0.5, 0.6) is 0 Å². The molecule has 2 aromatic heterocycles. The van der Waals surface area contributed by atoms with Crippen molar-refractivity contribution in [2.45, 2.75) is 43.9 Å². The zero-order chi connectivity index (χ0) is 24.7. The summed E-state index contributed by atoms with van der Waals surface area (Å²) in [7, 11) is -3.63. The molecule has 8 heteroatoms. The highest BCUT2D eigenvalue weighted by Gasteiger charge is 2.19. The number of aromatic amines is 1. The van der Waals surface area contributed by atoms with Gasteiger partial charge in [0.25, 0.3) is 0 Å². The van der Waals surface area contributed by atoms with Crippen molar-refractivity contribution in [1.29, 1.82) is 0 Å². The first-order valence-electron chi connectivity index (χ1n) is 11.8. The van der Waals surface area contributed by atoms with Gasteiger partial charge in [-0.2, -0.15) is 5.10 Å². The van der Waals surface area contributed by atoms with Gasteiger partial charge in [0.2, 0.25) is 10.0 Å². The molecule has 0 saturated carbocycles. The third-order valence-corrected chi connectivity index (χ3v) is 7.60. The molecule has 2 aromatic carbocycles. The Bertz CT molecular complexity index is 1340. The molecular weight excluding hydrogens is 480 g/mol. The number of sulfonamides is 1. The third kappa shape index (κ3) is 6.36. The average Bonchev–Trinajstić information content (AvgIpc) is 3.29. The predicted molar refractivity (Wildman–Crippen MR) is 141 cm³/mol. The Morgan fingerprint density at radius 1 is 0.914 bits per heavy atom. The van der Waals surface area contributed by atoms with E-state index in [0.717, 1.165) is 52.9 Å². The van der Waals surface area contributed by atoms with Crippen molar-refractivity contribution >= 4 is 21.6 Å². The van der Waals surface area contributed by atoms with Crippen LogP contribution in [0.4, 0.5) is 0 Å². The maximum absolute atomic E-state index is 12.9.